The average molecular weight is 391 g/mol. The quantitative estimate of drug-likeness (QED) is 0.300. The Bertz CT molecular complexity index is 398. The van der Waals surface area contributed by atoms with Gasteiger partial charge in [-0.25, -0.2) is 0 Å². The predicted octanol–water partition coefficient (Wildman–Crippen LogP) is 8.93. The summed E-state index contributed by atoms with van der Waals surface area (Å²) in [5, 5.41) is 0. The molecule has 3 rings (SSSR count). The van der Waals surface area contributed by atoms with Crippen molar-refractivity contribution in [2.75, 3.05) is 0 Å². The molecular weight excluding hydrogens is 340 g/mol. The molecule has 0 nitrogen and oxygen atoms in total. The minimum absolute atomic E-state index is 0.800. The fourth-order valence-corrected chi connectivity index (χ4v) is 8.19. The predicted molar refractivity (Wildman–Crippen MR) is 124 cm³/mol. The summed E-state index contributed by atoms with van der Waals surface area (Å²) in [6.45, 7) is 10.1. The zero-order valence-corrected chi connectivity index (χ0v) is 20.3. The first-order valence-electron chi connectivity index (χ1n) is 12.9. The highest BCUT2D eigenvalue weighted by Gasteiger charge is 2.34. The van der Waals surface area contributed by atoms with Gasteiger partial charge in [-0.05, 0) is 86.9 Å². The summed E-state index contributed by atoms with van der Waals surface area (Å²) in [6.07, 6.45) is 23.4. The van der Waals surface area contributed by atoms with E-state index in [9.17, 15) is 0 Å². The summed E-state index contributed by atoms with van der Waals surface area (Å²) < 4.78 is 0. The van der Waals surface area contributed by atoms with Gasteiger partial charge in [0, 0.05) is 8.07 Å². The Morgan fingerprint density at radius 2 is 0.963 bits per heavy atom. The lowest BCUT2D eigenvalue weighted by molar-refractivity contribution is 0.105. The smallest absolute Gasteiger partial charge is 0.0442 e. The van der Waals surface area contributed by atoms with Crippen molar-refractivity contribution >= 4 is 8.07 Å². The molecule has 0 aliphatic heterocycles. The molecule has 0 aromatic rings. The van der Waals surface area contributed by atoms with Crippen molar-refractivity contribution in [2.45, 2.75) is 129 Å². The van der Waals surface area contributed by atoms with E-state index < -0.39 is 8.07 Å². The lowest BCUT2D eigenvalue weighted by Crippen LogP contribution is -2.29. The molecular formula is C26H50Si. The highest BCUT2D eigenvalue weighted by molar-refractivity contribution is 6.76. The minimum Gasteiger partial charge on any atom is -0.0695 e. The van der Waals surface area contributed by atoms with Gasteiger partial charge in [0.05, 0.1) is 0 Å². The van der Waals surface area contributed by atoms with E-state index in [1.54, 1.807) is 76.7 Å². The third-order valence-corrected chi connectivity index (χ3v) is 10.7. The molecule has 3 fully saturated rings. The number of unbranched alkanes of at least 4 members (excludes halogenated alkanes) is 1. The molecule has 1 heteroatoms. The second-order valence-corrected chi connectivity index (χ2v) is 17.9. The Morgan fingerprint density at radius 3 is 1.41 bits per heavy atom. The van der Waals surface area contributed by atoms with Crippen molar-refractivity contribution in [1.82, 2.24) is 0 Å². The van der Waals surface area contributed by atoms with Gasteiger partial charge in [0.25, 0.3) is 0 Å². The monoisotopic (exact) mass is 390 g/mol. The third-order valence-electron chi connectivity index (χ3n) is 8.89. The summed E-state index contributed by atoms with van der Waals surface area (Å²) in [4.78, 5) is 0. The Labute approximate surface area is 172 Å². The molecule has 0 aromatic heterocycles. The van der Waals surface area contributed by atoms with Crippen molar-refractivity contribution in [3.8, 4) is 0 Å². The molecule has 0 heterocycles. The Morgan fingerprint density at radius 1 is 0.556 bits per heavy atom. The summed E-state index contributed by atoms with van der Waals surface area (Å²) in [5.74, 6) is 6.53. The maximum atomic E-state index is 2.53. The Kier molecular flexibility index (Phi) is 8.37. The van der Waals surface area contributed by atoms with Gasteiger partial charge < -0.3 is 0 Å². The van der Waals surface area contributed by atoms with Gasteiger partial charge in [-0.2, -0.15) is 0 Å². The van der Waals surface area contributed by atoms with E-state index in [4.69, 9.17) is 0 Å². The molecule has 3 aliphatic rings. The Balaban J connectivity index is 1.29. The van der Waals surface area contributed by atoms with E-state index in [1.807, 2.05) is 0 Å². The zero-order chi connectivity index (χ0) is 19.3. The van der Waals surface area contributed by atoms with E-state index in [-0.39, 0.29) is 0 Å². The van der Waals surface area contributed by atoms with Crippen LogP contribution in [-0.2, 0) is 0 Å². The fourth-order valence-electron chi connectivity index (χ4n) is 6.88. The van der Waals surface area contributed by atoms with Crippen LogP contribution in [0.2, 0.25) is 25.7 Å². The summed E-state index contributed by atoms with van der Waals surface area (Å²) >= 11 is 0. The molecule has 0 atom stereocenters. The largest absolute Gasteiger partial charge is 0.0695 e. The molecule has 3 aliphatic carbocycles. The first-order valence-corrected chi connectivity index (χ1v) is 16.6. The first kappa shape index (κ1) is 21.9. The maximum Gasteiger partial charge on any atom is 0.0442 e. The van der Waals surface area contributed by atoms with Gasteiger partial charge in [-0.1, -0.05) is 77.6 Å². The summed E-state index contributed by atoms with van der Waals surface area (Å²) in [7, 11) is -0.800. The maximum absolute atomic E-state index is 2.53. The van der Waals surface area contributed by atoms with Crippen LogP contribution in [0, 0.1) is 35.5 Å². The summed E-state index contributed by atoms with van der Waals surface area (Å²) in [5.41, 5.74) is 0. The average Bonchev–Trinajstić information content (AvgIpc) is 2.66. The van der Waals surface area contributed by atoms with Crippen LogP contribution in [0.25, 0.3) is 0 Å². The van der Waals surface area contributed by atoms with Crippen molar-refractivity contribution < 1.29 is 0 Å². The standard InChI is InChI=1S/C26H50Si/c1-21-8-12-23(13-9-21)25-16-18-26(19-17-25)24-14-10-22(11-15-24)7-5-6-20-27(2,3)4/h21-26H,5-20H2,1-4H3. The van der Waals surface area contributed by atoms with Gasteiger partial charge in [-0.3, -0.25) is 0 Å². The zero-order valence-electron chi connectivity index (χ0n) is 19.3. The van der Waals surface area contributed by atoms with Crippen molar-refractivity contribution in [2.24, 2.45) is 35.5 Å². The SMILES string of the molecule is CC1CCC(C2CCC(C3CCC(CCCC[Si](C)(C)C)CC3)CC2)CC1. The highest BCUT2D eigenvalue weighted by Crippen LogP contribution is 2.46. The van der Waals surface area contributed by atoms with E-state index >= 15 is 0 Å². The van der Waals surface area contributed by atoms with Gasteiger partial charge >= 0.3 is 0 Å². The van der Waals surface area contributed by atoms with Crippen LogP contribution in [0.4, 0.5) is 0 Å². The van der Waals surface area contributed by atoms with Crippen LogP contribution >= 0.6 is 0 Å². The second kappa shape index (κ2) is 10.3. The Hall–Kier alpha value is 0.217. The van der Waals surface area contributed by atoms with E-state index in [0.29, 0.717) is 0 Å². The molecule has 0 unspecified atom stereocenters. The molecule has 0 bridgehead atoms. The third kappa shape index (κ3) is 7.20. The first-order chi connectivity index (χ1) is 12.9. The van der Waals surface area contributed by atoms with Crippen molar-refractivity contribution in [1.29, 1.82) is 0 Å². The lowest BCUT2D eigenvalue weighted by Gasteiger charge is -2.41. The fraction of sp³-hybridized carbons (Fsp3) is 1.00. The number of hydrogen-bond donors (Lipinski definition) is 0. The van der Waals surface area contributed by atoms with Crippen LogP contribution in [0.15, 0.2) is 0 Å². The normalized spacial score (nSPS) is 38.7. The van der Waals surface area contributed by atoms with Crippen LogP contribution in [0.5, 0.6) is 0 Å². The second-order valence-electron chi connectivity index (χ2n) is 12.3. The number of hydrogen-bond acceptors (Lipinski definition) is 0. The molecule has 0 radical (unpaired) electrons. The van der Waals surface area contributed by atoms with Gasteiger partial charge in [-0.15, -0.1) is 0 Å². The summed E-state index contributed by atoms with van der Waals surface area (Å²) in [6, 6.07) is 1.55. The molecule has 27 heavy (non-hydrogen) atoms. The molecule has 158 valence electrons. The van der Waals surface area contributed by atoms with E-state index in [1.165, 1.54) is 25.7 Å². The van der Waals surface area contributed by atoms with Crippen LogP contribution in [-0.4, -0.2) is 8.07 Å². The lowest BCUT2D eigenvalue weighted by atomic mass is 9.65. The van der Waals surface area contributed by atoms with E-state index in [0.717, 1.165) is 35.5 Å². The molecule has 0 N–H and O–H groups in total. The van der Waals surface area contributed by atoms with Crippen molar-refractivity contribution in [3.63, 3.8) is 0 Å². The van der Waals surface area contributed by atoms with Gasteiger partial charge in [0.15, 0.2) is 0 Å². The van der Waals surface area contributed by atoms with Crippen LogP contribution in [0.1, 0.15) is 103 Å². The minimum atomic E-state index is -0.800. The van der Waals surface area contributed by atoms with Crippen LogP contribution in [0.3, 0.4) is 0 Å². The molecule has 0 saturated heterocycles. The highest BCUT2D eigenvalue weighted by atomic mass is 28.3. The molecule has 0 aromatic carbocycles. The topological polar surface area (TPSA) is 0 Å². The van der Waals surface area contributed by atoms with Crippen molar-refractivity contribution in [3.05, 3.63) is 0 Å². The van der Waals surface area contributed by atoms with E-state index in [2.05, 4.69) is 26.6 Å². The molecule has 0 spiro atoms. The molecule has 3 saturated carbocycles. The number of rotatable bonds is 7. The van der Waals surface area contributed by atoms with Gasteiger partial charge in [0.2, 0.25) is 0 Å². The van der Waals surface area contributed by atoms with Crippen LogP contribution < -0.4 is 0 Å². The van der Waals surface area contributed by atoms with Gasteiger partial charge in [0.1, 0.15) is 0 Å². The molecule has 0 amide bonds.